The molecule has 0 saturated heterocycles. The Morgan fingerprint density at radius 1 is 0.175 bits per heavy atom. The minimum Gasteiger partial charge on any atom is -0.493 e. The van der Waals surface area contributed by atoms with E-state index in [1.165, 1.54) is 51.4 Å². The molecule has 7 aromatic rings. The summed E-state index contributed by atoms with van der Waals surface area (Å²) < 4.78 is 52.0. The van der Waals surface area contributed by atoms with Gasteiger partial charge in [-0.3, -0.25) is 9.59 Å². The van der Waals surface area contributed by atoms with Crippen LogP contribution in [0.2, 0.25) is 0 Å². The Morgan fingerprint density at radius 2 is 0.307 bits per heavy atom. The molecule has 0 aromatic heterocycles. The van der Waals surface area contributed by atoms with Crippen LogP contribution >= 0.6 is 0 Å². The van der Waals surface area contributed by atoms with Crippen molar-refractivity contribution in [2.24, 2.45) is 0 Å². The molecule has 0 aliphatic rings. The molecule has 614 valence electrons. The maximum atomic E-state index is 12.3. The van der Waals surface area contributed by atoms with Crippen LogP contribution in [0, 0.1) is 0 Å². The predicted molar refractivity (Wildman–Crippen MR) is 487 cm³/mol. The van der Waals surface area contributed by atoms with Gasteiger partial charge in [0.05, 0.1) is 64.0 Å². The molecule has 10 heteroatoms. The first-order valence-electron chi connectivity index (χ1n) is 44.2. The second-order valence-electron chi connectivity index (χ2n) is 30.2. The predicted octanol–water partition coefficient (Wildman–Crippen LogP) is 30.0. The van der Waals surface area contributed by atoms with Gasteiger partial charge in [-0.2, -0.15) is 0 Å². The van der Waals surface area contributed by atoms with Gasteiger partial charge in [0.2, 0.25) is 0 Å². The minimum atomic E-state index is 0.511. The summed E-state index contributed by atoms with van der Waals surface area (Å²) in [7, 11) is 0. The molecular weight excluding hydrogens is 1410 g/mol. The molecule has 0 unspecified atom stereocenters. The topological polar surface area (TPSA) is 108 Å². The molecule has 0 bridgehead atoms. The number of carbonyl (C=O) groups excluding carboxylic acids is 2. The number of unbranched alkanes of at least 4 members (excludes halogenated alkanes) is 24. The largest absolute Gasteiger partial charge is 0.493 e. The SMILES string of the molecule is CCCCCCOc1cc(/C=C/c2ccc(/C=C/c3cc(OCCCCCC)c(/C=C/c4ccc(/C=C/c5cc(OCCCCCC)c(/C=C/c6ccc(/C=C/c7cc(OCCCCCC)c(C=O)cc7OCCCCCC)cc6)cc5OCCCCCC)cc4)cc3OCCCCCC)cc2)c(OCCCCCC)cc1C=O. The van der Waals surface area contributed by atoms with Crippen LogP contribution in [-0.4, -0.2) is 65.4 Å². The van der Waals surface area contributed by atoms with Crippen LogP contribution in [0.1, 0.15) is 348 Å². The summed E-state index contributed by atoms with van der Waals surface area (Å²) in [6.45, 7) is 22.6. The van der Waals surface area contributed by atoms with Crippen molar-refractivity contribution in [1.29, 1.82) is 0 Å². The fourth-order valence-electron chi connectivity index (χ4n) is 13.3. The van der Waals surface area contributed by atoms with Crippen molar-refractivity contribution in [1.82, 2.24) is 0 Å². The fourth-order valence-corrected chi connectivity index (χ4v) is 13.3. The van der Waals surface area contributed by atoms with E-state index in [1.807, 2.05) is 24.3 Å². The summed E-state index contributed by atoms with van der Waals surface area (Å²) in [5, 5.41) is 0. The first kappa shape index (κ1) is 91.9. The molecule has 0 atom stereocenters. The smallest absolute Gasteiger partial charge is 0.153 e. The van der Waals surface area contributed by atoms with Crippen LogP contribution in [0.3, 0.4) is 0 Å². The second-order valence-corrected chi connectivity index (χ2v) is 30.2. The molecule has 10 nitrogen and oxygen atoms in total. The van der Waals surface area contributed by atoms with Crippen LogP contribution in [0.5, 0.6) is 46.0 Å². The van der Waals surface area contributed by atoms with E-state index in [-0.39, 0.29) is 0 Å². The van der Waals surface area contributed by atoms with Crippen LogP contribution < -0.4 is 37.9 Å². The average molecular weight is 1550 g/mol. The highest BCUT2D eigenvalue weighted by Gasteiger charge is 2.17. The lowest BCUT2D eigenvalue weighted by Gasteiger charge is -2.16. The monoisotopic (exact) mass is 1550 g/mol. The minimum absolute atomic E-state index is 0.511. The van der Waals surface area contributed by atoms with Crippen molar-refractivity contribution in [3.8, 4) is 46.0 Å². The Kier molecular flexibility index (Phi) is 45.8. The van der Waals surface area contributed by atoms with Gasteiger partial charge in [0.25, 0.3) is 0 Å². The number of ether oxygens (including phenoxy) is 8. The van der Waals surface area contributed by atoms with Crippen LogP contribution in [-0.2, 0) is 0 Å². The molecule has 0 aliphatic carbocycles. The van der Waals surface area contributed by atoms with E-state index in [4.69, 9.17) is 37.9 Å². The lowest BCUT2D eigenvalue weighted by Crippen LogP contribution is -2.03. The zero-order valence-corrected chi connectivity index (χ0v) is 71.0. The van der Waals surface area contributed by atoms with Gasteiger partial charge in [0, 0.05) is 33.4 Å². The van der Waals surface area contributed by atoms with Crippen LogP contribution in [0.4, 0.5) is 0 Å². The molecule has 0 saturated carbocycles. The number of benzene rings is 7. The van der Waals surface area contributed by atoms with Crippen molar-refractivity contribution < 1.29 is 47.5 Å². The quantitative estimate of drug-likeness (QED) is 0.0208. The Morgan fingerprint density at radius 3 is 0.439 bits per heavy atom. The summed E-state index contributed by atoms with van der Waals surface area (Å²) in [5.41, 5.74) is 13.0. The number of aldehydes is 2. The van der Waals surface area contributed by atoms with Gasteiger partial charge >= 0.3 is 0 Å². The van der Waals surface area contributed by atoms with Gasteiger partial charge in [-0.25, -0.2) is 0 Å². The van der Waals surface area contributed by atoms with Crippen LogP contribution in [0.15, 0.2) is 121 Å². The lowest BCUT2D eigenvalue weighted by molar-refractivity contribution is 0.111. The number of hydrogen-bond donors (Lipinski definition) is 0. The van der Waals surface area contributed by atoms with Crippen molar-refractivity contribution in [3.63, 3.8) is 0 Å². The first-order valence-corrected chi connectivity index (χ1v) is 44.2. The maximum absolute atomic E-state index is 12.3. The Balaban J connectivity index is 1.13. The van der Waals surface area contributed by atoms with Gasteiger partial charge in [0.15, 0.2) is 12.6 Å². The molecule has 0 N–H and O–H groups in total. The fraction of sp³-hybridized carbons (Fsp3) is 0.462. The molecule has 0 spiro atoms. The third-order valence-electron chi connectivity index (χ3n) is 20.4. The summed E-state index contributed by atoms with van der Waals surface area (Å²) in [6, 6.07) is 42.0. The standard InChI is InChI=1S/C104H138O10/c1-9-17-25-33-65-107-97-75-91(61-55-85-45-49-87(50-46-85)57-63-93-77-103(113-71-39-31-23-15-7)95(81-105)79-101(93)111-69-37-29-21-13-5)99(109-67-35-27-19-11-3)73-89(97)59-53-83-41-43-84(44-42-83)54-60-90-74-100(110-68-36-28-20-12-4)92(76-98(90)108-66-34-26-18-10-2)62-56-86-47-51-88(52-48-86)58-64-94-78-104(114-72-40-32-24-16-8)96(82-106)80-102(94)112-70-38-30-22-14-6/h41-64,73-82H,9-40,65-72H2,1-8H3/b59-53+,60-54+,61-55+,62-56+,63-57+,64-58+. The number of hydrogen-bond acceptors (Lipinski definition) is 10. The lowest BCUT2D eigenvalue weighted by atomic mass is 10.0. The summed E-state index contributed by atoms with van der Waals surface area (Å²) >= 11 is 0. The molecule has 0 radical (unpaired) electrons. The zero-order valence-electron chi connectivity index (χ0n) is 71.0. The van der Waals surface area contributed by atoms with Gasteiger partial charge in [-0.15, -0.1) is 0 Å². The Labute approximate surface area is 687 Å². The summed E-state index contributed by atoms with van der Waals surface area (Å²) in [6.07, 6.45) is 62.6. The van der Waals surface area contributed by atoms with E-state index in [1.54, 1.807) is 0 Å². The third kappa shape index (κ3) is 34.8. The highest BCUT2D eigenvalue weighted by atomic mass is 16.5. The van der Waals surface area contributed by atoms with Gasteiger partial charge in [0.1, 0.15) is 46.0 Å². The van der Waals surface area contributed by atoms with E-state index in [9.17, 15) is 9.59 Å². The molecule has 0 amide bonds. The van der Waals surface area contributed by atoms with Crippen molar-refractivity contribution in [3.05, 3.63) is 199 Å². The van der Waals surface area contributed by atoms with Crippen molar-refractivity contribution in [2.45, 2.75) is 261 Å². The molecule has 7 aromatic carbocycles. The molecular formula is C104H138O10. The zero-order chi connectivity index (χ0) is 80.7. The molecule has 0 fully saturated rings. The molecule has 0 aliphatic heterocycles. The molecule has 114 heavy (non-hydrogen) atoms. The van der Waals surface area contributed by atoms with E-state index in [0.29, 0.717) is 87.0 Å². The Bertz CT molecular complexity index is 3760. The van der Waals surface area contributed by atoms with Crippen molar-refractivity contribution in [2.75, 3.05) is 52.9 Å². The molecule has 7 rings (SSSR count). The second kappa shape index (κ2) is 56.9. The Hall–Kier alpha value is -9.28. The third-order valence-corrected chi connectivity index (χ3v) is 20.4. The molecule has 0 heterocycles. The normalized spacial score (nSPS) is 11.7. The maximum Gasteiger partial charge on any atom is 0.153 e. The summed E-state index contributed by atoms with van der Waals surface area (Å²) in [4.78, 5) is 24.7. The summed E-state index contributed by atoms with van der Waals surface area (Å²) in [5.74, 6) is 5.87. The van der Waals surface area contributed by atoms with E-state index < -0.39 is 0 Å². The van der Waals surface area contributed by atoms with Gasteiger partial charge in [-0.05, 0) is 133 Å². The first-order chi connectivity index (χ1) is 56.2. The van der Waals surface area contributed by atoms with Gasteiger partial charge in [-0.1, -0.05) is 355 Å². The van der Waals surface area contributed by atoms with E-state index >= 15 is 0 Å². The van der Waals surface area contributed by atoms with Crippen molar-refractivity contribution >= 4 is 85.5 Å². The number of rotatable bonds is 62. The van der Waals surface area contributed by atoms with E-state index in [2.05, 4.69) is 225 Å². The van der Waals surface area contributed by atoms with Crippen LogP contribution in [0.25, 0.3) is 72.9 Å². The van der Waals surface area contributed by atoms with Gasteiger partial charge < -0.3 is 37.9 Å². The highest BCUT2D eigenvalue weighted by molar-refractivity contribution is 5.86. The van der Waals surface area contributed by atoms with E-state index in [0.717, 1.165) is 256 Å². The highest BCUT2D eigenvalue weighted by Crippen LogP contribution is 2.37. The average Bonchev–Trinajstić information content (AvgIpc) is 0.839. The number of carbonyl (C=O) groups is 2.